The predicted molar refractivity (Wildman–Crippen MR) is 110 cm³/mol. The van der Waals surface area contributed by atoms with Crippen molar-refractivity contribution in [2.24, 2.45) is 0 Å². The molecule has 0 saturated heterocycles. The van der Waals surface area contributed by atoms with Crippen molar-refractivity contribution < 1.29 is 21.2 Å². The highest BCUT2D eigenvalue weighted by Gasteiger charge is 2.23. The lowest BCUT2D eigenvalue weighted by Gasteiger charge is -2.20. The van der Waals surface area contributed by atoms with Crippen LogP contribution in [0, 0.1) is 12.7 Å². The molecule has 0 amide bonds. The molecule has 0 aliphatic rings. The van der Waals surface area contributed by atoms with Gasteiger partial charge in [0.2, 0.25) is 0 Å². The molecule has 0 aliphatic heterocycles. The molecule has 0 atom stereocenters. The Hall–Kier alpha value is -2.91. The second kappa shape index (κ2) is 7.84. The summed E-state index contributed by atoms with van der Waals surface area (Å²) in [7, 11) is -6.75. The smallest absolute Gasteiger partial charge is 0.264 e. The fraction of sp³-hybridized carbons (Fsp3) is 0.100. The van der Waals surface area contributed by atoms with Crippen molar-refractivity contribution in [2.75, 3.05) is 16.1 Å². The van der Waals surface area contributed by atoms with Gasteiger partial charge >= 0.3 is 0 Å². The van der Waals surface area contributed by atoms with Crippen molar-refractivity contribution in [1.29, 1.82) is 0 Å². The van der Waals surface area contributed by atoms with Gasteiger partial charge in [0.25, 0.3) is 20.0 Å². The van der Waals surface area contributed by atoms with Gasteiger partial charge in [-0.2, -0.15) is 0 Å². The van der Waals surface area contributed by atoms with Crippen LogP contribution in [-0.2, 0) is 20.0 Å². The zero-order valence-electron chi connectivity index (χ0n) is 15.7. The van der Waals surface area contributed by atoms with E-state index in [9.17, 15) is 21.2 Å². The second-order valence-corrected chi connectivity index (χ2v) is 10.00. The Morgan fingerprint density at radius 2 is 1.55 bits per heavy atom. The lowest BCUT2D eigenvalue weighted by molar-refractivity contribution is 0.569. The molecule has 0 aromatic heterocycles. The highest BCUT2D eigenvalue weighted by Crippen LogP contribution is 2.25. The molecule has 29 heavy (non-hydrogen) atoms. The number of aryl methyl sites for hydroxylation is 1. The number of para-hydroxylation sites is 1. The summed E-state index contributed by atoms with van der Waals surface area (Å²) in [4.78, 5) is -0.610. The predicted octanol–water partition coefficient (Wildman–Crippen LogP) is 3.76. The average Bonchev–Trinajstić information content (AvgIpc) is 2.69. The van der Waals surface area contributed by atoms with Crippen molar-refractivity contribution in [3.05, 3.63) is 84.2 Å². The van der Waals surface area contributed by atoms with Crippen LogP contribution >= 0.6 is 0 Å². The molecule has 0 radical (unpaired) electrons. The summed E-state index contributed by atoms with van der Waals surface area (Å²) in [6, 6.07) is 17.6. The number of halogens is 1. The molecule has 3 aromatic rings. The second-order valence-electron chi connectivity index (χ2n) is 6.38. The summed E-state index contributed by atoms with van der Waals surface area (Å²) in [5.41, 5.74) is 1.04. The molecular weight excluding hydrogens is 415 g/mol. The normalized spacial score (nSPS) is 11.8. The Morgan fingerprint density at radius 1 is 0.862 bits per heavy atom. The van der Waals surface area contributed by atoms with Crippen LogP contribution in [-0.4, -0.2) is 23.9 Å². The zero-order valence-corrected chi connectivity index (χ0v) is 17.3. The number of benzene rings is 3. The van der Waals surface area contributed by atoms with E-state index in [1.165, 1.54) is 43.4 Å². The first-order chi connectivity index (χ1) is 13.6. The van der Waals surface area contributed by atoms with E-state index in [0.717, 1.165) is 10.4 Å². The van der Waals surface area contributed by atoms with Gasteiger partial charge in [-0.25, -0.2) is 21.2 Å². The number of rotatable bonds is 6. The van der Waals surface area contributed by atoms with Gasteiger partial charge in [-0.3, -0.25) is 9.03 Å². The highest BCUT2D eigenvalue weighted by atomic mass is 32.2. The zero-order chi connectivity index (χ0) is 21.2. The minimum atomic E-state index is -4.23. The van der Waals surface area contributed by atoms with E-state index in [0.29, 0.717) is 11.3 Å². The first-order valence-electron chi connectivity index (χ1n) is 8.54. The molecule has 3 rings (SSSR count). The molecule has 9 heteroatoms. The van der Waals surface area contributed by atoms with Crippen LogP contribution in [0.25, 0.3) is 0 Å². The van der Waals surface area contributed by atoms with Gasteiger partial charge in [-0.1, -0.05) is 30.3 Å². The molecule has 0 unspecified atom stereocenters. The number of anilines is 2. The van der Waals surface area contributed by atoms with Gasteiger partial charge < -0.3 is 0 Å². The number of sulfonamides is 2. The summed E-state index contributed by atoms with van der Waals surface area (Å²) in [6.07, 6.45) is 0. The van der Waals surface area contributed by atoms with Crippen LogP contribution < -0.4 is 9.03 Å². The summed E-state index contributed by atoms with van der Waals surface area (Å²) in [5.74, 6) is -0.893. The van der Waals surface area contributed by atoms with Crippen LogP contribution in [0.4, 0.5) is 15.8 Å². The lowest BCUT2D eigenvalue weighted by Crippen LogP contribution is -2.26. The Kier molecular flexibility index (Phi) is 5.63. The van der Waals surface area contributed by atoms with Crippen LogP contribution in [0.2, 0.25) is 0 Å². The maximum atomic E-state index is 14.0. The molecule has 152 valence electrons. The van der Waals surface area contributed by atoms with Crippen molar-refractivity contribution in [2.45, 2.75) is 16.7 Å². The van der Waals surface area contributed by atoms with E-state index in [4.69, 9.17) is 0 Å². The fourth-order valence-electron chi connectivity index (χ4n) is 2.68. The van der Waals surface area contributed by atoms with Crippen LogP contribution in [0.15, 0.2) is 82.6 Å². The Balaban J connectivity index is 1.95. The fourth-order valence-corrected chi connectivity index (χ4v) is 5.14. The number of hydrogen-bond acceptors (Lipinski definition) is 4. The Bertz CT molecular complexity index is 1240. The summed E-state index contributed by atoms with van der Waals surface area (Å²) >= 11 is 0. The summed E-state index contributed by atoms with van der Waals surface area (Å²) < 4.78 is 68.3. The topological polar surface area (TPSA) is 83.5 Å². The number of hydrogen-bond donors (Lipinski definition) is 1. The quantitative estimate of drug-likeness (QED) is 0.640. The van der Waals surface area contributed by atoms with Crippen molar-refractivity contribution in [3.63, 3.8) is 0 Å². The lowest BCUT2D eigenvalue weighted by atomic mass is 10.2. The third-order valence-corrected chi connectivity index (χ3v) is 7.42. The molecule has 0 saturated carbocycles. The SMILES string of the molecule is Cc1ccc(F)c(S(=O)(=O)Nc2cccc(S(=O)(=O)N(C)c3ccccc3)c2)c1. The van der Waals surface area contributed by atoms with Crippen molar-refractivity contribution in [1.82, 2.24) is 0 Å². The molecule has 0 fully saturated rings. The van der Waals surface area contributed by atoms with Crippen LogP contribution in [0.5, 0.6) is 0 Å². The van der Waals surface area contributed by atoms with Gasteiger partial charge in [0.1, 0.15) is 10.7 Å². The molecule has 0 spiro atoms. The van der Waals surface area contributed by atoms with Crippen LogP contribution in [0.1, 0.15) is 5.56 Å². The Labute approximate surface area is 169 Å². The van der Waals surface area contributed by atoms with E-state index in [-0.39, 0.29) is 10.6 Å². The molecule has 3 aromatic carbocycles. The Morgan fingerprint density at radius 3 is 2.24 bits per heavy atom. The summed E-state index contributed by atoms with van der Waals surface area (Å²) in [6.45, 7) is 1.64. The largest absolute Gasteiger partial charge is 0.279 e. The average molecular weight is 435 g/mol. The number of nitrogens with zero attached hydrogens (tertiary/aromatic N) is 1. The van der Waals surface area contributed by atoms with Crippen molar-refractivity contribution >= 4 is 31.4 Å². The first-order valence-corrected chi connectivity index (χ1v) is 11.5. The van der Waals surface area contributed by atoms with Gasteiger partial charge in [-0.15, -0.1) is 0 Å². The maximum absolute atomic E-state index is 14.0. The monoisotopic (exact) mass is 434 g/mol. The van der Waals surface area contributed by atoms with Gasteiger partial charge in [0.05, 0.1) is 16.3 Å². The van der Waals surface area contributed by atoms with Gasteiger partial charge in [0.15, 0.2) is 0 Å². The minimum Gasteiger partial charge on any atom is -0.279 e. The van der Waals surface area contributed by atoms with Gasteiger partial charge in [0, 0.05) is 7.05 Å². The molecule has 1 N–H and O–H groups in total. The van der Waals surface area contributed by atoms with E-state index in [2.05, 4.69) is 4.72 Å². The highest BCUT2D eigenvalue weighted by molar-refractivity contribution is 7.93. The van der Waals surface area contributed by atoms with E-state index in [1.54, 1.807) is 37.3 Å². The van der Waals surface area contributed by atoms with E-state index >= 15 is 0 Å². The van der Waals surface area contributed by atoms with Crippen LogP contribution in [0.3, 0.4) is 0 Å². The minimum absolute atomic E-state index is 0.00782. The van der Waals surface area contributed by atoms with E-state index in [1.807, 2.05) is 0 Å². The molecule has 0 aliphatic carbocycles. The molecule has 0 heterocycles. The third-order valence-electron chi connectivity index (χ3n) is 4.24. The number of nitrogens with one attached hydrogen (secondary N) is 1. The van der Waals surface area contributed by atoms with Crippen molar-refractivity contribution in [3.8, 4) is 0 Å². The first kappa shape index (κ1) is 20.8. The van der Waals surface area contributed by atoms with Gasteiger partial charge in [-0.05, 0) is 55.0 Å². The van der Waals surface area contributed by atoms with E-state index < -0.39 is 30.8 Å². The standard InChI is InChI=1S/C20H19FN2O4S2/c1-15-11-12-19(21)20(13-15)28(24,25)22-16-7-6-10-18(14-16)29(26,27)23(2)17-8-4-3-5-9-17/h3-14,22H,1-2H3. The third kappa shape index (κ3) is 4.41. The molecule has 0 bridgehead atoms. The molecular formula is C20H19FN2O4S2. The maximum Gasteiger partial charge on any atom is 0.264 e. The molecule has 6 nitrogen and oxygen atoms in total. The summed E-state index contributed by atoms with van der Waals surface area (Å²) in [5, 5.41) is 0.